The Hall–Kier alpha value is -2.11. The Morgan fingerprint density at radius 1 is 1.47 bits per heavy atom. The molecule has 1 heterocycles. The number of esters is 1. The van der Waals surface area contributed by atoms with Crippen molar-refractivity contribution in [3.05, 3.63) is 35.6 Å². The lowest BCUT2D eigenvalue weighted by molar-refractivity contribution is -0.145. The van der Waals surface area contributed by atoms with Gasteiger partial charge in [-0.1, -0.05) is 12.1 Å². The van der Waals surface area contributed by atoms with E-state index in [9.17, 15) is 14.0 Å². The molecule has 0 bridgehead atoms. The van der Waals surface area contributed by atoms with Crippen LogP contribution in [0.5, 0.6) is 0 Å². The van der Waals surface area contributed by atoms with E-state index in [0.29, 0.717) is 0 Å². The molecule has 17 heavy (non-hydrogen) atoms. The number of ketones is 1. The van der Waals surface area contributed by atoms with Crippen molar-refractivity contribution in [2.75, 3.05) is 6.61 Å². The van der Waals surface area contributed by atoms with Gasteiger partial charge in [-0.15, -0.1) is 10.2 Å². The van der Waals surface area contributed by atoms with E-state index in [-0.39, 0.29) is 19.1 Å². The molecule has 1 aromatic rings. The first kappa shape index (κ1) is 10.1. The van der Waals surface area contributed by atoms with Gasteiger partial charge in [0.1, 0.15) is 5.82 Å². The summed E-state index contributed by atoms with van der Waals surface area (Å²) in [5.41, 5.74) is -2.22. The van der Waals surface area contributed by atoms with E-state index in [1.165, 1.54) is 18.2 Å². The molecule has 0 atom stereocenters. The third-order valence-electron chi connectivity index (χ3n) is 2.25. The number of halogens is 1. The van der Waals surface area contributed by atoms with Gasteiger partial charge in [-0.05, 0) is 19.0 Å². The summed E-state index contributed by atoms with van der Waals surface area (Å²) in [5, 5.41) is 6.75. The molecule has 2 rings (SSSR count). The summed E-state index contributed by atoms with van der Waals surface area (Å²) in [6, 6.07) is 5.26. The molecule has 0 amide bonds. The first-order valence-corrected chi connectivity index (χ1v) is 4.81. The smallest absolute Gasteiger partial charge is 0.369 e. The first-order chi connectivity index (χ1) is 8.62. The molecule has 0 spiro atoms. The van der Waals surface area contributed by atoms with Crippen LogP contribution in [0, 0.1) is 5.82 Å². The third-order valence-corrected chi connectivity index (χ3v) is 2.25. The van der Waals surface area contributed by atoms with E-state index in [1.54, 1.807) is 0 Å². The highest BCUT2D eigenvalue weighted by Gasteiger charge is 2.58. The van der Waals surface area contributed by atoms with Crippen LogP contribution in [-0.4, -0.2) is 24.0 Å². The predicted octanol–water partition coefficient (Wildman–Crippen LogP) is 1.73. The maximum absolute atomic E-state index is 13.4. The number of Topliss-reactive ketones (excluding diaryl/α,β-unsaturated/α-hetero) is 1. The van der Waals surface area contributed by atoms with Crippen molar-refractivity contribution < 1.29 is 20.1 Å². The van der Waals surface area contributed by atoms with Crippen molar-refractivity contribution in [1.29, 1.82) is 0 Å². The van der Waals surface area contributed by atoms with Gasteiger partial charge in [0.05, 0.1) is 12.2 Å². The average Bonchev–Trinajstić information content (AvgIpc) is 3.17. The van der Waals surface area contributed by atoms with Crippen LogP contribution in [0.4, 0.5) is 4.39 Å². The molecule has 0 radical (unpaired) electrons. The van der Waals surface area contributed by atoms with Crippen molar-refractivity contribution in [3.63, 3.8) is 0 Å². The summed E-state index contributed by atoms with van der Waals surface area (Å²) in [4.78, 5) is 23.6. The lowest BCUT2D eigenvalue weighted by atomic mass is 10.0. The Morgan fingerprint density at radius 3 is 2.76 bits per heavy atom. The molecule has 1 aliphatic heterocycles. The fourth-order valence-corrected chi connectivity index (χ4v) is 1.34. The van der Waals surface area contributed by atoms with E-state index >= 15 is 0 Å². The summed E-state index contributed by atoms with van der Waals surface area (Å²) >= 11 is 0. The first-order valence-electron chi connectivity index (χ1n) is 5.52. The van der Waals surface area contributed by atoms with Crippen LogP contribution in [0.2, 0.25) is 0 Å². The number of hydrogen-bond donors (Lipinski definition) is 0. The topological polar surface area (TPSA) is 68.1 Å². The second-order valence-corrected chi connectivity index (χ2v) is 3.32. The predicted molar refractivity (Wildman–Crippen MR) is 55.0 cm³/mol. The monoisotopic (exact) mass is 237 g/mol. The number of carbonyl (C=O) groups is 2. The van der Waals surface area contributed by atoms with Crippen molar-refractivity contribution >= 4 is 11.8 Å². The Balaban J connectivity index is 2.19. The molecule has 1 aliphatic rings. The highest BCUT2D eigenvalue weighted by Crippen LogP contribution is 2.34. The molecule has 0 saturated carbocycles. The van der Waals surface area contributed by atoms with Crippen LogP contribution in [0.15, 0.2) is 34.5 Å². The summed E-state index contributed by atoms with van der Waals surface area (Å²) in [6.07, 6.45) is 0. The summed E-state index contributed by atoms with van der Waals surface area (Å²) < 4.78 is 24.9. The molecule has 0 saturated heterocycles. The number of ether oxygens (including phenoxy) is 1. The zero-order valence-corrected chi connectivity index (χ0v) is 8.72. The van der Waals surface area contributed by atoms with Crippen molar-refractivity contribution in [2.24, 2.45) is 10.2 Å². The summed E-state index contributed by atoms with van der Waals surface area (Å²) in [7, 11) is 0. The summed E-state index contributed by atoms with van der Waals surface area (Å²) in [6.45, 7) is -0.286. The van der Waals surface area contributed by atoms with E-state index in [4.69, 9.17) is 1.37 Å². The van der Waals surface area contributed by atoms with Gasteiger partial charge in [0.25, 0.3) is 0 Å². The third kappa shape index (κ3) is 1.82. The van der Waals surface area contributed by atoms with Gasteiger partial charge < -0.3 is 4.74 Å². The Morgan fingerprint density at radius 2 is 2.18 bits per heavy atom. The Bertz CT molecular complexity index is 527. The molecular formula is C11H9FN2O3. The van der Waals surface area contributed by atoms with Crippen LogP contribution in [-0.2, 0) is 9.53 Å². The minimum Gasteiger partial charge on any atom is -0.462 e. The largest absolute Gasteiger partial charge is 0.462 e. The molecule has 88 valence electrons. The lowest BCUT2D eigenvalue weighted by Gasteiger charge is -2.08. The van der Waals surface area contributed by atoms with E-state index in [1.807, 2.05) is 0 Å². The highest BCUT2D eigenvalue weighted by molar-refractivity contribution is 6.18. The minimum absolute atomic E-state index is 0.129. The number of carbonyl (C=O) groups excluding carboxylic acids is 2. The zero-order chi connectivity index (χ0) is 13.2. The maximum Gasteiger partial charge on any atom is 0.369 e. The lowest BCUT2D eigenvalue weighted by Crippen LogP contribution is -2.36. The van der Waals surface area contributed by atoms with Crippen LogP contribution >= 0.6 is 0 Å². The molecule has 1 aromatic carbocycles. The molecular weight excluding hydrogens is 227 g/mol. The Kier molecular flexibility index (Phi) is 2.40. The van der Waals surface area contributed by atoms with Gasteiger partial charge in [-0.2, -0.15) is 0 Å². The standard InChI is InChI=1S/C11H9FN2O3/c1-2-17-10(16)11(13-14-11)9(15)7-5-3-4-6-8(7)12/h3-6H,2H2,1H3/i1D. The molecule has 5 nitrogen and oxygen atoms in total. The molecule has 0 aromatic heterocycles. The molecule has 0 unspecified atom stereocenters. The van der Waals surface area contributed by atoms with Crippen LogP contribution < -0.4 is 0 Å². The van der Waals surface area contributed by atoms with Crippen LogP contribution in [0.1, 0.15) is 18.6 Å². The second kappa shape index (κ2) is 4.04. The van der Waals surface area contributed by atoms with Crippen molar-refractivity contribution in [2.45, 2.75) is 12.6 Å². The maximum atomic E-state index is 13.4. The normalized spacial score (nSPS) is 16.2. The van der Waals surface area contributed by atoms with Crippen LogP contribution in [0.3, 0.4) is 0 Å². The molecule has 0 N–H and O–H groups in total. The van der Waals surface area contributed by atoms with Crippen molar-refractivity contribution in [3.8, 4) is 0 Å². The molecule has 6 heteroatoms. The van der Waals surface area contributed by atoms with Gasteiger partial charge in [0, 0.05) is 1.37 Å². The van der Waals surface area contributed by atoms with Gasteiger partial charge >= 0.3 is 11.6 Å². The number of benzene rings is 1. The van der Waals surface area contributed by atoms with E-state index in [0.717, 1.165) is 6.07 Å². The van der Waals surface area contributed by atoms with Gasteiger partial charge in [-0.25, -0.2) is 9.18 Å². The quantitative estimate of drug-likeness (QED) is 0.455. The molecule has 0 aliphatic carbocycles. The van der Waals surface area contributed by atoms with Crippen molar-refractivity contribution in [1.82, 2.24) is 0 Å². The highest BCUT2D eigenvalue weighted by atomic mass is 19.1. The minimum atomic E-state index is -1.96. The fraction of sp³-hybridized carbons (Fsp3) is 0.273. The van der Waals surface area contributed by atoms with E-state index in [2.05, 4.69) is 15.0 Å². The molecule has 0 fully saturated rings. The van der Waals surface area contributed by atoms with Crippen LogP contribution in [0.25, 0.3) is 0 Å². The number of hydrogen-bond acceptors (Lipinski definition) is 5. The zero-order valence-electron chi connectivity index (χ0n) is 9.72. The Labute approximate surface area is 97.7 Å². The number of rotatable bonds is 4. The van der Waals surface area contributed by atoms with E-state index < -0.39 is 23.2 Å². The average molecular weight is 237 g/mol. The second-order valence-electron chi connectivity index (χ2n) is 3.32. The fourth-order valence-electron chi connectivity index (χ4n) is 1.34. The SMILES string of the molecule is [2H]CCOC(=O)C1(C(=O)c2ccccc2F)N=N1. The van der Waals surface area contributed by atoms with Gasteiger partial charge in [-0.3, -0.25) is 4.79 Å². The van der Waals surface area contributed by atoms with Gasteiger partial charge in [0.2, 0.25) is 5.78 Å². The summed E-state index contributed by atoms with van der Waals surface area (Å²) in [5.74, 6) is -2.56. The number of nitrogens with zero attached hydrogens (tertiary/aromatic N) is 2. The van der Waals surface area contributed by atoms with Gasteiger partial charge in [0.15, 0.2) is 0 Å².